The average molecular weight is 292 g/mol. The second-order valence-electron chi connectivity index (χ2n) is 5.06. The van der Waals surface area contributed by atoms with Crippen LogP contribution in [-0.2, 0) is 16.0 Å². The van der Waals surface area contributed by atoms with E-state index in [2.05, 4.69) is 4.98 Å². The zero-order valence-corrected chi connectivity index (χ0v) is 11.9. The van der Waals surface area contributed by atoms with Gasteiger partial charge in [-0.1, -0.05) is 0 Å². The molecule has 3 heterocycles. The van der Waals surface area contributed by atoms with Gasteiger partial charge in [-0.15, -0.1) is 0 Å². The van der Waals surface area contributed by atoms with Crippen LogP contribution in [0.4, 0.5) is 0 Å². The van der Waals surface area contributed by atoms with Gasteiger partial charge in [0, 0.05) is 25.5 Å². The number of aliphatic hydroxyl groups is 1. The molecule has 3 rings (SSSR count). The van der Waals surface area contributed by atoms with Gasteiger partial charge in [0.1, 0.15) is 11.6 Å². The fourth-order valence-corrected chi connectivity index (χ4v) is 2.46. The Hall–Kier alpha value is -1.63. The summed E-state index contributed by atoms with van der Waals surface area (Å²) in [7, 11) is 0. The van der Waals surface area contributed by atoms with Crippen molar-refractivity contribution in [2.45, 2.75) is 38.2 Å². The monoisotopic (exact) mass is 292 g/mol. The predicted molar refractivity (Wildman–Crippen MR) is 74.5 cm³/mol. The molecule has 2 aromatic heterocycles. The van der Waals surface area contributed by atoms with Crippen molar-refractivity contribution in [2.75, 3.05) is 13.2 Å². The standard InChI is InChI=1S/C15H20N2O4/c18-14(12-4-3-10-19-12)15-16-6-7-17(15)8-11-21-13-5-1-2-9-20-13/h3-4,6-7,10,13-14,18H,1-2,5,8-9,11H2. The molecule has 0 amide bonds. The highest BCUT2D eigenvalue weighted by atomic mass is 16.7. The van der Waals surface area contributed by atoms with E-state index in [0.717, 1.165) is 25.9 Å². The smallest absolute Gasteiger partial charge is 0.169 e. The van der Waals surface area contributed by atoms with Crippen LogP contribution in [0.2, 0.25) is 0 Å². The fourth-order valence-electron chi connectivity index (χ4n) is 2.46. The summed E-state index contributed by atoms with van der Waals surface area (Å²) in [6.07, 6.45) is 7.28. The minimum atomic E-state index is -0.860. The SMILES string of the molecule is OC(c1ccco1)c1nccn1CCOC1CCCCO1. The zero-order chi connectivity index (χ0) is 14.5. The van der Waals surface area contributed by atoms with Crippen molar-refractivity contribution in [3.63, 3.8) is 0 Å². The van der Waals surface area contributed by atoms with Crippen molar-refractivity contribution in [3.05, 3.63) is 42.4 Å². The molecule has 0 radical (unpaired) electrons. The van der Waals surface area contributed by atoms with Crippen LogP contribution in [0.5, 0.6) is 0 Å². The number of imidazole rings is 1. The third-order valence-corrected chi connectivity index (χ3v) is 3.58. The maximum atomic E-state index is 10.3. The van der Waals surface area contributed by atoms with E-state index in [-0.39, 0.29) is 6.29 Å². The third-order valence-electron chi connectivity index (χ3n) is 3.58. The number of ether oxygens (including phenoxy) is 2. The van der Waals surface area contributed by atoms with Gasteiger partial charge in [0.05, 0.1) is 12.9 Å². The first kappa shape index (κ1) is 14.3. The lowest BCUT2D eigenvalue weighted by Crippen LogP contribution is -2.24. The Kier molecular flexibility index (Phi) is 4.69. The van der Waals surface area contributed by atoms with E-state index < -0.39 is 6.10 Å². The van der Waals surface area contributed by atoms with Crippen LogP contribution in [0.15, 0.2) is 35.2 Å². The molecular formula is C15H20N2O4. The van der Waals surface area contributed by atoms with E-state index in [1.807, 2.05) is 10.8 Å². The van der Waals surface area contributed by atoms with Crippen molar-refractivity contribution in [1.29, 1.82) is 0 Å². The molecule has 0 spiro atoms. The molecule has 1 N–H and O–H groups in total. The van der Waals surface area contributed by atoms with Gasteiger partial charge in [-0.2, -0.15) is 0 Å². The van der Waals surface area contributed by atoms with E-state index in [1.165, 1.54) is 6.26 Å². The van der Waals surface area contributed by atoms with Gasteiger partial charge in [0.15, 0.2) is 12.4 Å². The van der Waals surface area contributed by atoms with Gasteiger partial charge in [0.25, 0.3) is 0 Å². The normalized spacial score (nSPS) is 20.5. The van der Waals surface area contributed by atoms with Gasteiger partial charge >= 0.3 is 0 Å². The van der Waals surface area contributed by atoms with Crippen LogP contribution in [0, 0.1) is 0 Å². The fraction of sp³-hybridized carbons (Fsp3) is 0.533. The minimum absolute atomic E-state index is 0.0966. The maximum absolute atomic E-state index is 10.3. The van der Waals surface area contributed by atoms with E-state index >= 15 is 0 Å². The van der Waals surface area contributed by atoms with Crippen molar-refractivity contribution in [1.82, 2.24) is 9.55 Å². The summed E-state index contributed by atoms with van der Waals surface area (Å²) in [5.74, 6) is 1.04. The van der Waals surface area contributed by atoms with Gasteiger partial charge < -0.3 is 23.6 Å². The number of aromatic nitrogens is 2. The summed E-state index contributed by atoms with van der Waals surface area (Å²) in [4.78, 5) is 4.20. The first-order valence-electron chi connectivity index (χ1n) is 7.30. The van der Waals surface area contributed by atoms with Gasteiger partial charge in [0.2, 0.25) is 0 Å². The first-order valence-corrected chi connectivity index (χ1v) is 7.30. The lowest BCUT2D eigenvalue weighted by molar-refractivity contribution is -0.163. The van der Waals surface area contributed by atoms with Crippen LogP contribution in [0.1, 0.15) is 37.0 Å². The van der Waals surface area contributed by atoms with Gasteiger partial charge in [-0.25, -0.2) is 4.98 Å². The Morgan fingerprint density at radius 2 is 2.43 bits per heavy atom. The number of nitrogens with zero attached hydrogens (tertiary/aromatic N) is 2. The molecule has 0 bridgehead atoms. The van der Waals surface area contributed by atoms with Crippen LogP contribution < -0.4 is 0 Å². The van der Waals surface area contributed by atoms with Crippen molar-refractivity contribution in [3.8, 4) is 0 Å². The van der Waals surface area contributed by atoms with E-state index in [0.29, 0.717) is 24.7 Å². The molecule has 0 aliphatic carbocycles. The van der Waals surface area contributed by atoms with E-state index in [9.17, 15) is 5.11 Å². The highest BCUT2D eigenvalue weighted by Crippen LogP contribution is 2.21. The molecule has 21 heavy (non-hydrogen) atoms. The molecule has 2 unspecified atom stereocenters. The summed E-state index contributed by atoms with van der Waals surface area (Å²) >= 11 is 0. The zero-order valence-electron chi connectivity index (χ0n) is 11.9. The molecule has 1 saturated heterocycles. The Labute approximate surface area is 123 Å². The second-order valence-corrected chi connectivity index (χ2v) is 5.06. The van der Waals surface area contributed by atoms with Crippen LogP contribution in [-0.4, -0.2) is 34.2 Å². The largest absolute Gasteiger partial charge is 0.466 e. The summed E-state index contributed by atoms with van der Waals surface area (Å²) in [6, 6.07) is 3.48. The Bertz CT molecular complexity index is 532. The van der Waals surface area contributed by atoms with Crippen molar-refractivity contribution >= 4 is 0 Å². The Morgan fingerprint density at radius 1 is 1.48 bits per heavy atom. The average Bonchev–Trinajstić information content (AvgIpc) is 3.19. The Morgan fingerprint density at radius 3 is 3.19 bits per heavy atom. The lowest BCUT2D eigenvalue weighted by Gasteiger charge is -2.23. The number of hydrogen-bond acceptors (Lipinski definition) is 5. The molecule has 1 aliphatic heterocycles. The molecule has 2 atom stereocenters. The van der Waals surface area contributed by atoms with Crippen LogP contribution >= 0.6 is 0 Å². The number of aliphatic hydroxyl groups excluding tert-OH is 1. The number of hydrogen-bond donors (Lipinski definition) is 1. The molecule has 0 aromatic carbocycles. The summed E-state index contributed by atoms with van der Waals surface area (Å²) in [6.45, 7) is 1.92. The predicted octanol–water partition coefficient (Wildman–Crippen LogP) is 2.10. The van der Waals surface area contributed by atoms with Gasteiger partial charge in [-0.05, 0) is 31.4 Å². The molecule has 1 aliphatic rings. The van der Waals surface area contributed by atoms with Crippen molar-refractivity contribution < 1.29 is 19.0 Å². The first-order chi connectivity index (χ1) is 10.3. The van der Waals surface area contributed by atoms with E-state index in [1.54, 1.807) is 18.3 Å². The van der Waals surface area contributed by atoms with E-state index in [4.69, 9.17) is 13.9 Å². The topological polar surface area (TPSA) is 69.7 Å². The molecular weight excluding hydrogens is 272 g/mol. The minimum Gasteiger partial charge on any atom is -0.466 e. The Balaban J connectivity index is 1.55. The number of rotatable bonds is 6. The second kappa shape index (κ2) is 6.89. The summed E-state index contributed by atoms with van der Waals surface area (Å²) in [5.41, 5.74) is 0. The highest BCUT2D eigenvalue weighted by Gasteiger charge is 2.19. The number of furan rings is 1. The van der Waals surface area contributed by atoms with Gasteiger partial charge in [-0.3, -0.25) is 0 Å². The lowest BCUT2D eigenvalue weighted by atomic mass is 10.2. The molecule has 6 heteroatoms. The molecule has 6 nitrogen and oxygen atoms in total. The highest BCUT2D eigenvalue weighted by molar-refractivity contribution is 5.12. The van der Waals surface area contributed by atoms with Crippen molar-refractivity contribution in [2.24, 2.45) is 0 Å². The molecule has 1 fully saturated rings. The van der Waals surface area contributed by atoms with Crippen LogP contribution in [0.25, 0.3) is 0 Å². The summed E-state index contributed by atoms with van der Waals surface area (Å²) < 4.78 is 18.3. The molecule has 2 aromatic rings. The quantitative estimate of drug-likeness (QED) is 0.883. The molecule has 114 valence electrons. The molecule has 0 saturated carbocycles. The third kappa shape index (κ3) is 3.53. The maximum Gasteiger partial charge on any atom is 0.169 e. The summed E-state index contributed by atoms with van der Waals surface area (Å²) in [5, 5.41) is 10.3. The van der Waals surface area contributed by atoms with Crippen LogP contribution in [0.3, 0.4) is 0 Å².